The van der Waals surface area contributed by atoms with Crippen molar-refractivity contribution in [3.8, 4) is 5.75 Å². The minimum Gasteiger partial charge on any atom is -0.505 e. The van der Waals surface area contributed by atoms with Gasteiger partial charge in [-0.3, -0.25) is 14.5 Å². The number of carbonyl (C=O) groups excluding carboxylic acids is 1. The standard InChI is InChI=1S/C10H11N5O2/c1-15-6-13-9(14-15)5-12-10(17)7-2-3-11-4-8(7)16/h2-4,6,16H,5H2,1H3,(H,12,17). The number of carbonyl (C=O) groups is 1. The van der Waals surface area contributed by atoms with E-state index in [1.165, 1.54) is 18.5 Å². The molecule has 0 aliphatic rings. The number of rotatable bonds is 3. The molecule has 7 heteroatoms. The van der Waals surface area contributed by atoms with Crippen molar-refractivity contribution in [3.63, 3.8) is 0 Å². The molecule has 0 bridgehead atoms. The second-order valence-corrected chi connectivity index (χ2v) is 3.41. The Morgan fingerprint density at radius 2 is 2.41 bits per heavy atom. The van der Waals surface area contributed by atoms with Crippen molar-refractivity contribution in [2.75, 3.05) is 0 Å². The van der Waals surface area contributed by atoms with Crippen LogP contribution in [-0.4, -0.2) is 30.8 Å². The van der Waals surface area contributed by atoms with E-state index in [1.54, 1.807) is 18.1 Å². The predicted octanol–water partition coefficient (Wildman–Crippen LogP) is -0.154. The van der Waals surface area contributed by atoms with Gasteiger partial charge in [0.1, 0.15) is 12.1 Å². The van der Waals surface area contributed by atoms with Crippen LogP contribution in [0.2, 0.25) is 0 Å². The number of hydrogen-bond donors (Lipinski definition) is 2. The third kappa shape index (κ3) is 2.57. The lowest BCUT2D eigenvalue weighted by Crippen LogP contribution is -2.23. The molecule has 2 aromatic heterocycles. The van der Waals surface area contributed by atoms with Gasteiger partial charge in [0.25, 0.3) is 5.91 Å². The van der Waals surface area contributed by atoms with E-state index in [1.807, 2.05) is 0 Å². The van der Waals surface area contributed by atoms with Gasteiger partial charge < -0.3 is 10.4 Å². The summed E-state index contributed by atoms with van der Waals surface area (Å²) in [6.45, 7) is 0.210. The molecule has 88 valence electrons. The summed E-state index contributed by atoms with van der Waals surface area (Å²) in [5.41, 5.74) is 0.177. The summed E-state index contributed by atoms with van der Waals surface area (Å²) < 4.78 is 1.55. The summed E-state index contributed by atoms with van der Waals surface area (Å²) in [6, 6.07) is 1.44. The number of aryl methyl sites for hydroxylation is 1. The van der Waals surface area contributed by atoms with Crippen LogP contribution in [-0.2, 0) is 13.6 Å². The molecule has 17 heavy (non-hydrogen) atoms. The molecule has 0 atom stereocenters. The van der Waals surface area contributed by atoms with Gasteiger partial charge in [-0.1, -0.05) is 0 Å². The van der Waals surface area contributed by atoms with Crippen LogP contribution in [0.25, 0.3) is 0 Å². The Balaban J connectivity index is 2.01. The van der Waals surface area contributed by atoms with Gasteiger partial charge in [-0.25, -0.2) is 4.98 Å². The molecular weight excluding hydrogens is 222 g/mol. The van der Waals surface area contributed by atoms with E-state index in [4.69, 9.17) is 0 Å². The van der Waals surface area contributed by atoms with Crippen LogP contribution < -0.4 is 5.32 Å². The van der Waals surface area contributed by atoms with Crippen LogP contribution in [0.4, 0.5) is 0 Å². The molecule has 7 nitrogen and oxygen atoms in total. The van der Waals surface area contributed by atoms with Gasteiger partial charge in [0.15, 0.2) is 5.82 Å². The zero-order valence-electron chi connectivity index (χ0n) is 9.16. The SMILES string of the molecule is Cn1cnc(CNC(=O)c2ccncc2O)n1. The Morgan fingerprint density at radius 3 is 3.06 bits per heavy atom. The smallest absolute Gasteiger partial charge is 0.255 e. The van der Waals surface area contributed by atoms with Crippen molar-refractivity contribution in [1.29, 1.82) is 0 Å². The number of nitrogens with one attached hydrogen (secondary N) is 1. The van der Waals surface area contributed by atoms with Crippen molar-refractivity contribution in [2.24, 2.45) is 7.05 Å². The first-order chi connectivity index (χ1) is 8.16. The molecule has 0 aliphatic carbocycles. The van der Waals surface area contributed by atoms with Crippen LogP contribution in [0, 0.1) is 0 Å². The normalized spacial score (nSPS) is 10.2. The quantitative estimate of drug-likeness (QED) is 0.768. The number of nitrogens with zero attached hydrogens (tertiary/aromatic N) is 4. The molecule has 0 radical (unpaired) electrons. The van der Waals surface area contributed by atoms with Crippen molar-refractivity contribution in [1.82, 2.24) is 25.1 Å². The van der Waals surface area contributed by atoms with Gasteiger partial charge in [0, 0.05) is 13.2 Å². The first-order valence-corrected chi connectivity index (χ1v) is 4.92. The maximum Gasteiger partial charge on any atom is 0.255 e. The van der Waals surface area contributed by atoms with Crippen LogP contribution in [0.1, 0.15) is 16.2 Å². The predicted molar refractivity (Wildman–Crippen MR) is 58.1 cm³/mol. The van der Waals surface area contributed by atoms with E-state index >= 15 is 0 Å². The average Bonchev–Trinajstić information content (AvgIpc) is 2.73. The van der Waals surface area contributed by atoms with Crippen LogP contribution in [0.3, 0.4) is 0 Å². The van der Waals surface area contributed by atoms with Crippen molar-refractivity contribution in [2.45, 2.75) is 6.54 Å². The monoisotopic (exact) mass is 233 g/mol. The molecule has 2 aromatic rings. The second-order valence-electron chi connectivity index (χ2n) is 3.41. The molecule has 2 heterocycles. The Hall–Kier alpha value is -2.44. The number of amides is 1. The Kier molecular flexibility index (Phi) is 2.99. The fraction of sp³-hybridized carbons (Fsp3) is 0.200. The van der Waals surface area contributed by atoms with E-state index < -0.39 is 5.91 Å². The molecule has 0 saturated heterocycles. The van der Waals surface area contributed by atoms with Gasteiger partial charge in [0.05, 0.1) is 18.3 Å². The largest absolute Gasteiger partial charge is 0.505 e. The molecule has 2 N–H and O–H groups in total. The number of aromatic nitrogens is 4. The summed E-state index contributed by atoms with van der Waals surface area (Å²) >= 11 is 0. The highest BCUT2D eigenvalue weighted by Gasteiger charge is 2.10. The van der Waals surface area contributed by atoms with E-state index in [2.05, 4.69) is 20.4 Å². The van der Waals surface area contributed by atoms with Gasteiger partial charge in [0.2, 0.25) is 0 Å². The van der Waals surface area contributed by atoms with Crippen molar-refractivity contribution < 1.29 is 9.90 Å². The van der Waals surface area contributed by atoms with E-state index in [-0.39, 0.29) is 17.9 Å². The fourth-order valence-corrected chi connectivity index (χ4v) is 1.30. The highest BCUT2D eigenvalue weighted by atomic mass is 16.3. The van der Waals surface area contributed by atoms with Gasteiger partial charge in [-0.05, 0) is 6.07 Å². The van der Waals surface area contributed by atoms with Crippen molar-refractivity contribution in [3.05, 3.63) is 36.2 Å². The summed E-state index contributed by atoms with van der Waals surface area (Å²) in [7, 11) is 1.74. The second kappa shape index (κ2) is 4.60. The lowest BCUT2D eigenvalue weighted by Gasteiger charge is -2.03. The highest BCUT2D eigenvalue weighted by molar-refractivity contribution is 5.96. The minimum absolute atomic E-state index is 0.154. The zero-order valence-corrected chi connectivity index (χ0v) is 9.16. The van der Waals surface area contributed by atoms with Crippen molar-refractivity contribution >= 4 is 5.91 Å². The van der Waals surface area contributed by atoms with Gasteiger partial charge in [-0.2, -0.15) is 5.10 Å². The molecule has 0 unspecified atom stereocenters. The Bertz CT molecular complexity index is 537. The summed E-state index contributed by atoms with van der Waals surface area (Å²) in [5, 5.41) is 16.0. The average molecular weight is 233 g/mol. The Labute approximate surface area is 97.1 Å². The highest BCUT2D eigenvalue weighted by Crippen LogP contribution is 2.13. The van der Waals surface area contributed by atoms with Crippen LogP contribution >= 0.6 is 0 Å². The van der Waals surface area contributed by atoms with E-state index in [0.29, 0.717) is 5.82 Å². The topological polar surface area (TPSA) is 92.9 Å². The molecule has 0 aromatic carbocycles. The molecule has 2 rings (SSSR count). The van der Waals surface area contributed by atoms with Crippen LogP contribution in [0.5, 0.6) is 5.75 Å². The first-order valence-electron chi connectivity index (χ1n) is 4.92. The summed E-state index contributed by atoms with van der Waals surface area (Å²) in [5.74, 6) is -0.0364. The minimum atomic E-state index is -0.391. The number of pyridine rings is 1. The lowest BCUT2D eigenvalue weighted by atomic mass is 10.2. The maximum absolute atomic E-state index is 11.7. The maximum atomic E-state index is 11.7. The number of aromatic hydroxyl groups is 1. The molecule has 0 saturated carbocycles. The number of hydrogen-bond acceptors (Lipinski definition) is 5. The molecular formula is C10H11N5O2. The molecule has 0 aliphatic heterocycles. The summed E-state index contributed by atoms with van der Waals surface area (Å²) in [4.78, 5) is 19.3. The lowest BCUT2D eigenvalue weighted by molar-refractivity contribution is 0.0947. The third-order valence-electron chi connectivity index (χ3n) is 2.10. The van der Waals surface area contributed by atoms with E-state index in [9.17, 15) is 9.90 Å². The third-order valence-corrected chi connectivity index (χ3v) is 2.10. The van der Waals surface area contributed by atoms with Gasteiger partial charge >= 0.3 is 0 Å². The first kappa shape index (κ1) is 11.1. The molecule has 1 amide bonds. The van der Waals surface area contributed by atoms with Gasteiger partial charge in [-0.15, -0.1) is 0 Å². The molecule has 0 fully saturated rings. The zero-order chi connectivity index (χ0) is 12.3. The summed E-state index contributed by atoms with van der Waals surface area (Å²) in [6.07, 6.45) is 4.20. The fourth-order valence-electron chi connectivity index (χ4n) is 1.30. The van der Waals surface area contributed by atoms with E-state index in [0.717, 1.165) is 0 Å². The Morgan fingerprint density at radius 1 is 1.59 bits per heavy atom. The van der Waals surface area contributed by atoms with Crippen LogP contribution in [0.15, 0.2) is 24.8 Å². The molecule has 0 spiro atoms.